The Bertz CT molecular complexity index is 129. The van der Waals surface area contributed by atoms with Gasteiger partial charge in [0.05, 0.1) is 5.60 Å². The molecule has 0 heterocycles. The van der Waals surface area contributed by atoms with Crippen molar-refractivity contribution in [1.82, 2.24) is 5.48 Å². The highest BCUT2D eigenvalue weighted by Crippen LogP contribution is 2.07. The van der Waals surface area contributed by atoms with Crippen molar-refractivity contribution in [2.75, 3.05) is 6.54 Å². The molecule has 0 radical (unpaired) electrons. The third-order valence-corrected chi connectivity index (χ3v) is 2.26. The molecule has 0 rings (SSSR count). The van der Waals surface area contributed by atoms with Gasteiger partial charge in [-0.3, -0.25) is 4.84 Å². The zero-order valence-corrected chi connectivity index (χ0v) is 11.1. The van der Waals surface area contributed by atoms with E-state index in [0.717, 1.165) is 6.54 Å². The predicted molar refractivity (Wildman–Crippen MR) is 66.8 cm³/mol. The van der Waals surface area contributed by atoms with Crippen molar-refractivity contribution in [3.63, 3.8) is 0 Å². The molecule has 15 heavy (non-hydrogen) atoms. The molecule has 0 aliphatic rings. The number of hydrogen-bond donors (Lipinski definition) is 1. The minimum atomic E-state index is -0.0683. The molecule has 0 unspecified atom stereocenters. The van der Waals surface area contributed by atoms with Crippen molar-refractivity contribution in [2.45, 2.75) is 78.2 Å². The third kappa shape index (κ3) is 13.9. The highest BCUT2D eigenvalue weighted by atomic mass is 16.7. The second kappa shape index (κ2) is 9.17. The number of nitrogens with one attached hydrogen (secondary N) is 1. The molecule has 0 aliphatic heterocycles. The van der Waals surface area contributed by atoms with Crippen LogP contribution in [-0.4, -0.2) is 12.1 Å². The fourth-order valence-corrected chi connectivity index (χ4v) is 1.42. The van der Waals surface area contributed by atoms with Gasteiger partial charge >= 0.3 is 0 Å². The SMILES string of the molecule is CCCCCCCCCNOC(C)(C)C. The molecule has 0 spiro atoms. The molecule has 0 aromatic heterocycles. The first-order valence-electron chi connectivity index (χ1n) is 6.47. The van der Waals surface area contributed by atoms with Crippen LogP contribution in [0.2, 0.25) is 0 Å². The first-order chi connectivity index (χ1) is 7.06. The van der Waals surface area contributed by atoms with Crippen molar-refractivity contribution in [1.29, 1.82) is 0 Å². The van der Waals surface area contributed by atoms with E-state index in [-0.39, 0.29) is 5.60 Å². The minimum Gasteiger partial charge on any atom is -0.296 e. The van der Waals surface area contributed by atoms with Crippen molar-refractivity contribution < 1.29 is 4.84 Å². The molecule has 0 bridgehead atoms. The molecular weight excluding hydrogens is 186 g/mol. The molecule has 0 atom stereocenters. The molecule has 0 aromatic rings. The van der Waals surface area contributed by atoms with Gasteiger partial charge in [-0.25, -0.2) is 5.48 Å². The second-order valence-corrected chi connectivity index (χ2v) is 5.23. The lowest BCUT2D eigenvalue weighted by Gasteiger charge is -2.19. The Balaban J connectivity index is 2.99. The summed E-state index contributed by atoms with van der Waals surface area (Å²) in [6.07, 6.45) is 9.45. The van der Waals surface area contributed by atoms with E-state index in [2.05, 4.69) is 33.2 Å². The van der Waals surface area contributed by atoms with E-state index < -0.39 is 0 Å². The van der Waals surface area contributed by atoms with Gasteiger partial charge in [-0.2, -0.15) is 0 Å². The molecule has 2 heteroatoms. The average Bonchev–Trinajstić information content (AvgIpc) is 2.14. The lowest BCUT2D eigenvalue weighted by Crippen LogP contribution is -2.29. The second-order valence-electron chi connectivity index (χ2n) is 5.23. The van der Waals surface area contributed by atoms with E-state index in [0.29, 0.717) is 0 Å². The topological polar surface area (TPSA) is 21.3 Å². The fraction of sp³-hybridized carbons (Fsp3) is 1.00. The standard InChI is InChI=1S/C13H29NO/c1-5-6-7-8-9-10-11-12-14-15-13(2,3)4/h14H,5-12H2,1-4H3. The number of hydroxylamine groups is 1. The summed E-state index contributed by atoms with van der Waals surface area (Å²) in [5.74, 6) is 0. The van der Waals surface area contributed by atoms with Crippen LogP contribution >= 0.6 is 0 Å². The zero-order valence-electron chi connectivity index (χ0n) is 11.1. The highest BCUT2D eigenvalue weighted by Gasteiger charge is 2.08. The normalized spacial score (nSPS) is 12.0. The van der Waals surface area contributed by atoms with Gasteiger partial charge in [-0.05, 0) is 27.2 Å². The molecular formula is C13H29NO. The summed E-state index contributed by atoms with van der Waals surface area (Å²) < 4.78 is 0. The quantitative estimate of drug-likeness (QED) is 0.462. The van der Waals surface area contributed by atoms with Crippen molar-refractivity contribution in [3.8, 4) is 0 Å². The summed E-state index contributed by atoms with van der Waals surface area (Å²) in [5.41, 5.74) is 2.96. The van der Waals surface area contributed by atoms with E-state index >= 15 is 0 Å². The van der Waals surface area contributed by atoms with Crippen LogP contribution in [0.25, 0.3) is 0 Å². The summed E-state index contributed by atoms with van der Waals surface area (Å²) in [6, 6.07) is 0. The molecule has 92 valence electrons. The predicted octanol–water partition coefficient (Wildman–Crippen LogP) is 4.06. The Labute approximate surface area is 95.7 Å². The lowest BCUT2D eigenvalue weighted by molar-refractivity contribution is -0.0726. The van der Waals surface area contributed by atoms with Gasteiger partial charge in [0, 0.05) is 6.54 Å². The van der Waals surface area contributed by atoms with Gasteiger partial charge in [-0.1, -0.05) is 45.4 Å². The van der Waals surface area contributed by atoms with Crippen LogP contribution in [0.3, 0.4) is 0 Å². The number of rotatable bonds is 9. The Morgan fingerprint density at radius 2 is 1.40 bits per heavy atom. The third-order valence-electron chi connectivity index (χ3n) is 2.26. The van der Waals surface area contributed by atoms with E-state index in [9.17, 15) is 0 Å². The Morgan fingerprint density at radius 3 is 1.93 bits per heavy atom. The average molecular weight is 215 g/mol. The molecule has 1 N–H and O–H groups in total. The Morgan fingerprint density at radius 1 is 0.867 bits per heavy atom. The summed E-state index contributed by atoms with van der Waals surface area (Å²) in [5, 5.41) is 0. The maximum absolute atomic E-state index is 5.42. The summed E-state index contributed by atoms with van der Waals surface area (Å²) in [6.45, 7) is 9.42. The van der Waals surface area contributed by atoms with Crippen LogP contribution in [0.4, 0.5) is 0 Å². The van der Waals surface area contributed by atoms with Crippen LogP contribution in [0, 0.1) is 0 Å². The van der Waals surface area contributed by atoms with Crippen LogP contribution < -0.4 is 5.48 Å². The van der Waals surface area contributed by atoms with Gasteiger partial charge in [0.15, 0.2) is 0 Å². The molecule has 0 aromatic carbocycles. The lowest BCUT2D eigenvalue weighted by atomic mass is 10.1. The van der Waals surface area contributed by atoms with Crippen molar-refractivity contribution in [3.05, 3.63) is 0 Å². The zero-order chi connectivity index (χ0) is 11.6. The monoisotopic (exact) mass is 215 g/mol. The molecule has 2 nitrogen and oxygen atoms in total. The Hall–Kier alpha value is -0.0800. The number of unbranched alkanes of at least 4 members (excludes halogenated alkanes) is 6. The maximum Gasteiger partial charge on any atom is 0.0812 e. The first-order valence-corrected chi connectivity index (χ1v) is 6.47. The highest BCUT2D eigenvalue weighted by molar-refractivity contribution is 4.56. The van der Waals surface area contributed by atoms with Crippen LogP contribution in [0.5, 0.6) is 0 Å². The molecule has 0 aliphatic carbocycles. The molecule has 0 saturated carbocycles. The maximum atomic E-state index is 5.42. The van der Waals surface area contributed by atoms with Gasteiger partial charge in [-0.15, -0.1) is 0 Å². The van der Waals surface area contributed by atoms with Crippen LogP contribution in [0.15, 0.2) is 0 Å². The summed E-state index contributed by atoms with van der Waals surface area (Å²) in [4.78, 5) is 5.42. The fourth-order valence-electron chi connectivity index (χ4n) is 1.42. The van der Waals surface area contributed by atoms with Gasteiger partial charge < -0.3 is 0 Å². The van der Waals surface area contributed by atoms with Gasteiger partial charge in [0.2, 0.25) is 0 Å². The van der Waals surface area contributed by atoms with Gasteiger partial charge in [0.1, 0.15) is 0 Å². The van der Waals surface area contributed by atoms with Crippen LogP contribution in [0.1, 0.15) is 72.6 Å². The summed E-state index contributed by atoms with van der Waals surface area (Å²) >= 11 is 0. The Kier molecular flexibility index (Phi) is 9.12. The van der Waals surface area contributed by atoms with Crippen LogP contribution in [-0.2, 0) is 4.84 Å². The number of hydrogen-bond acceptors (Lipinski definition) is 2. The van der Waals surface area contributed by atoms with E-state index in [1.807, 2.05) is 0 Å². The van der Waals surface area contributed by atoms with E-state index in [4.69, 9.17) is 4.84 Å². The summed E-state index contributed by atoms with van der Waals surface area (Å²) in [7, 11) is 0. The minimum absolute atomic E-state index is 0.0683. The molecule has 0 amide bonds. The molecule has 0 fully saturated rings. The van der Waals surface area contributed by atoms with Crippen molar-refractivity contribution in [2.24, 2.45) is 0 Å². The first kappa shape index (κ1) is 14.9. The van der Waals surface area contributed by atoms with Gasteiger partial charge in [0.25, 0.3) is 0 Å². The largest absolute Gasteiger partial charge is 0.296 e. The van der Waals surface area contributed by atoms with E-state index in [1.54, 1.807) is 0 Å². The smallest absolute Gasteiger partial charge is 0.0812 e. The molecule has 0 saturated heterocycles. The van der Waals surface area contributed by atoms with Crippen molar-refractivity contribution >= 4 is 0 Å². The van der Waals surface area contributed by atoms with E-state index in [1.165, 1.54) is 44.9 Å².